The second-order valence-corrected chi connectivity index (χ2v) is 11.5. The Bertz CT molecular complexity index is 1380. The highest BCUT2D eigenvalue weighted by molar-refractivity contribution is 9.10. The van der Waals surface area contributed by atoms with Crippen LogP contribution in [0.5, 0.6) is 0 Å². The number of thiophene rings is 1. The maximum absolute atomic E-state index is 13.7. The Labute approximate surface area is 228 Å². The largest absolute Gasteiger partial charge is 0.466 e. The summed E-state index contributed by atoms with van der Waals surface area (Å²) in [6.07, 6.45) is 4.00. The summed E-state index contributed by atoms with van der Waals surface area (Å²) in [4.78, 5) is 27.0. The van der Waals surface area contributed by atoms with Crippen LogP contribution < -0.4 is 4.57 Å². The second-order valence-electron chi connectivity index (χ2n) is 8.36. The standard InChI is InChI=1S/C29H27BrNO3S2/c1-4-34-25(32)17-24-26(31-15-13-19(2)14-16-31)29(35-18-22-8-6-5-7-20(22)3)36-28(24)27(33)21-9-11-23(30)12-10-21/h5-16H,4,17-18H2,1-3H3/q+1. The zero-order chi connectivity index (χ0) is 25.7. The molecular weight excluding hydrogens is 554 g/mol. The van der Waals surface area contributed by atoms with Crippen LogP contribution in [0.25, 0.3) is 5.69 Å². The summed E-state index contributed by atoms with van der Waals surface area (Å²) >= 11 is 6.58. The fourth-order valence-electron chi connectivity index (χ4n) is 3.79. The average molecular weight is 582 g/mol. The highest BCUT2D eigenvalue weighted by atomic mass is 79.9. The van der Waals surface area contributed by atoms with Crippen molar-refractivity contribution in [1.82, 2.24) is 0 Å². The number of rotatable bonds is 9. The molecule has 184 valence electrons. The quantitative estimate of drug-likeness (QED) is 0.0922. The third kappa shape index (κ3) is 6.14. The number of nitrogens with zero attached hydrogens (tertiary/aromatic N) is 1. The van der Waals surface area contributed by atoms with E-state index >= 15 is 0 Å². The molecule has 0 fully saturated rings. The molecule has 0 aliphatic heterocycles. The van der Waals surface area contributed by atoms with Gasteiger partial charge in [0, 0.05) is 27.9 Å². The number of carbonyl (C=O) groups excluding carboxylic acids is 2. The molecule has 0 saturated heterocycles. The summed E-state index contributed by atoms with van der Waals surface area (Å²) in [6, 6.07) is 19.7. The number of aromatic nitrogens is 1. The van der Waals surface area contributed by atoms with Crippen LogP contribution in [0.15, 0.2) is 81.7 Å². The lowest BCUT2D eigenvalue weighted by Gasteiger charge is -2.06. The fraction of sp³-hybridized carbons (Fsp3) is 0.207. The average Bonchev–Trinajstić information content (AvgIpc) is 3.22. The molecule has 0 amide bonds. The minimum absolute atomic E-state index is 0.0308. The Hall–Kier alpha value is -2.74. The Morgan fingerprint density at radius 2 is 1.69 bits per heavy atom. The molecule has 0 aliphatic rings. The van der Waals surface area contributed by atoms with E-state index in [2.05, 4.69) is 35.0 Å². The number of halogens is 1. The van der Waals surface area contributed by atoms with E-state index < -0.39 is 0 Å². The number of ketones is 1. The Morgan fingerprint density at radius 1 is 1.00 bits per heavy atom. The van der Waals surface area contributed by atoms with Gasteiger partial charge in [-0.1, -0.05) is 40.2 Å². The summed E-state index contributed by atoms with van der Waals surface area (Å²) < 4.78 is 9.21. The van der Waals surface area contributed by atoms with Crippen molar-refractivity contribution in [3.63, 3.8) is 0 Å². The van der Waals surface area contributed by atoms with Crippen molar-refractivity contribution in [3.8, 4) is 5.69 Å². The van der Waals surface area contributed by atoms with Crippen LogP contribution in [-0.4, -0.2) is 18.4 Å². The molecule has 2 aromatic carbocycles. The zero-order valence-electron chi connectivity index (χ0n) is 20.4. The minimum Gasteiger partial charge on any atom is -0.466 e. The molecule has 0 bridgehead atoms. The molecule has 0 aliphatic carbocycles. The molecule has 2 heterocycles. The van der Waals surface area contributed by atoms with E-state index in [0.717, 1.165) is 25.7 Å². The Balaban J connectivity index is 1.85. The second kappa shape index (κ2) is 12.0. The van der Waals surface area contributed by atoms with Crippen LogP contribution in [-0.2, 0) is 21.7 Å². The number of hydrogen-bond acceptors (Lipinski definition) is 5. The van der Waals surface area contributed by atoms with Gasteiger partial charge in [-0.25, -0.2) is 0 Å². The van der Waals surface area contributed by atoms with Crippen LogP contribution in [0.1, 0.15) is 44.4 Å². The minimum atomic E-state index is -0.343. The number of benzene rings is 2. The number of pyridine rings is 1. The molecule has 4 aromatic rings. The Kier molecular flexibility index (Phi) is 8.77. The van der Waals surface area contributed by atoms with Crippen LogP contribution in [0.4, 0.5) is 0 Å². The van der Waals surface area contributed by atoms with E-state index in [1.165, 1.54) is 22.5 Å². The van der Waals surface area contributed by atoms with Gasteiger partial charge in [0.15, 0.2) is 12.4 Å². The molecule has 4 nitrogen and oxygen atoms in total. The molecule has 36 heavy (non-hydrogen) atoms. The number of hydrogen-bond donors (Lipinski definition) is 0. The van der Waals surface area contributed by atoms with Crippen molar-refractivity contribution in [2.75, 3.05) is 6.61 Å². The lowest BCUT2D eigenvalue weighted by molar-refractivity contribution is -0.598. The highest BCUT2D eigenvalue weighted by Gasteiger charge is 2.31. The number of carbonyl (C=O) groups is 2. The molecule has 7 heteroatoms. The lowest BCUT2D eigenvalue weighted by Crippen LogP contribution is -2.31. The van der Waals surface area contributed by atoms with Gasteiger partial charge in [-0.05, 0) is 61.7 Å². The van der Waals surface area contributed by atoms with Crippen LogP contribution in [0.3, 0.4) is 0 Å². The molecule has 0 radical (unpaired) electrons. The third-order valence-electron chi connectivity index (χ3n) is 5.76. The van der Waals surface area contributed by atoms with Crippen molar-refractivity contribution in [2.24, 2.45) is 0 Å². The van der Waals surface area contributed by atoms with Gasteiger partial charge in [-0.15, -0.1) is 23.1 Å². The predicted octanol–water partition coefficient (Wildman–Crippen LogP) is 7.03. The van der Waals surface area contributed by atoms with Crippen LogP contribution in [0, 0.1) is 13.8 Å². The van der Waals surface area contributed by atoms with Crippen molar-refractivity contribution in [3.05, 3.63) is 110 Å². The first-order valence-electron chi connectivity index (χ1n) is 11.6. The SMILES string of the molecule is CCOC(=O)Cc1c(C(=O)c2ccc(Br)cc2)sc(SCc2ccccc2C)c1-[n+]1ccc(C)cc1. The van der Waals surface area contributed by atoms with Crippen molar-refractivity contribution >= 4 is 50.8 Å². The van der Waals surface area contributed by atoms with Crippen molar-refractivity contribution in [2.45, 2.75) is 37.2 Å². The molecule has 0 saturated carbocycles. The van der Waals surface area contributed by atoms with E-state index in [-0.39, 0.29) is 18.2 Å². The monoisotopic (exact) mass is 580 g/mol. The molecule has 4 rings (SSSR count). The number of thioether (sulfide) groups is 1. The highest BCUT2D eigenvalue weighted by Crippen LogP contribution is 2.40. The van der Waals surface area contributed by atoms with Gasteiger partial charge in [-0.2, -0.15) is 4.57 Å². The van der Waals surface area contributed by atoms with Crippen LogP contribution >= 0.6 is 39.0 Å². The maximum atomic E-state index is 13.7. The van der Waals surface area contributed by atoms with E-state index in [0.29, 0.717) is 22.6 Å². The normalized spacial score (nSPS) is 10.9. The van der Waals surface area contributed by atoms with Gasteiger partial charge in [0.05, 0.1) is 23.5 Å². The first-order valence-corrected chi connectivity index (χ1v) is 14.2. The molecular formula is C29H27BrNO3S2+. The van der Waals surface area contributed by atoms with E-state index in [1.807, 2.05) is 60.3 Å². The van der Waals surface area contributed by atoms with Gasteiger partial charge >= 0.3 is 5.97 Å². The number of ether oxygens (including phenoxy) is 1. The summed E-state index contributed by atoms with van der Waals surface area (Å²) in [5.41, 5.74) is 5.75. The maximum Gasteiger partial charge on any atom is 0.310 e. The fourth-order valence-corrected chi connectivity index (χ4v) is 6.71. The molecule has 0 N–H and O–H groups in total. The van der Waals surface area contributed by atoms with E-state index in [9.17, 15) is 9.59 Å². The summed E-state index contributed by atoms with van der Waals surface area (Å²) in [5, 5.41) is 0. The predicted molar refractivity (Wildman–Crippen MR) is 149 cm³/mol. The molecule has 0 atom stereocenters. The van der Waals surface area contributed by atoms with Crippen molar-refractivity contribution < 1.29 is 18.9 Å². The summed E-state index contributed by atoms with van der Waals surface area (Å²) in [6.45, 7) is 6.22. The van der Waals surface area contributed by atoms with E-state index in [1.54, 1.807) is 30.8 Å². The molecule has 0 spiro atoms. The van der Waals surface area contributed by atoms with Gasteiger partial charge < -0.3 is 4.74 Å². The summed E-state index contributed by atoms with van der Waals surface area (Å²) in [5.74, 6) is 0.324. The van der Waals surface area contributed by atoms with Gasteiger partial charge in [0.1, 0.15) is 4.21 Å². The van der Waals surface area contributed by atoms with Crippen LogP contribution in [0.2, 0.25) is 0 Å². The first-order chi connectivity index (χ1) is 17.4. The zero-order valence-corrected chi connectivity index (χ0v) is 23.6. The smallest absolute Gasteiger partial charge is 0.310 e. The third-order valence-corrected chi connectivity index (χ3v) is 8.82. The number of aryl methyl sites for hydroxylation is 2. The van der Waals surface area contributed by atoms with Gasteiger partial charge in [0.2, 0.25) is 11.5 Å². The van der Waals surface area contributed by atoms with E-state index in [4.69, 9.17) is 4.74 Å². The number of esters is 1. The first kappa shape index (κ1) is 26.3. The lowest BCUT2D eigenvalue weighted by atomic mass is 10.0. The topological polar surface area (TPSA) is 47.3 Å². The molecule has 2 aromatic heterocycles. The van der Waals surface area contributed by atoms with Gasteiger partial charge in [0.25, 0.3) is 0 Å². The molecule has 0 unspecified atom stereocenters. The Morgan fingerprint density at radius 3 is 2.36 bits per heavy atom. The van der Waals surface area contributed by atoms with Crippen molar-refractivity contribution in [1.29, 1.82) is 0 Å². The summed E-state index contributed by atoms with van der Waals surface area (Å²) in [7, 11) is 0. The van der Waals surface area contributed by atoms with Gasteiger partial charge in [-0.3, -0.25) is 9.59 Å².